The first kappa shape index (κ1) is 14.6. The van der Waals surface area contributed by atoms with Crippen LogP contribution in [0, 0.1) is 0 Å². The zero-order valence-electron chi connectivity index (χ0n) is 11.7. The fourth-order valence-corrected chi connectivity index (χ4v) is 5.33. The number of carboxylic acids is 1. The van der Waals surface area contributed by atoms with E-state index in [1.165, 1.54) is 4.90 Å². The molecule has 1 heterocycles. The van der Waals surface area contributed by atoms with E-state index in [4.69, 9.17) is 4.74 Å². The zero-order valence-corrected chi connectivity index (χ0v) is 12.7. The minimum absolute atomic E-state index is 0.171. The summed E-state index contributed by atoms with van der Waals surface area (Å²) in [6.07, 6.45) is 0.0109. The monoisotopic (exact) mass is 293 g/mol. The molecular formula is C14H19NO4Si. The highest BCUT2D eigenvalue weighted by atomic mass is 28.3. The van der Waals surface area contributed by atoms with Crippen LogP contribution in [0.4, 0.5) is 4.79 Å². The molecule has 0 aromatic heterocycles. The van der Waals surface area contributed by atoms with Gasteiger partial charge in [-0.05, 0) is 11.6 Å². The van der Waals surface area contributed by atoms with Crippen LogP contribution in [0.3, 0.4) is 0 Å². The summed E-state index contributed by atoms with van der Waals surface area (Å²) < 4.78 is 5.23. The molecule has 0 spiro atoms. The predicted octanol–water partition coefficient (Wildman–Crippen LogP) is 2.34. The van der Waals surface area contributed by atoms with Gasteiger partial charge in [0.05, 0.1) is 8.07 Å². The SMILES string of the molecule is C[Si]1(C)C[C@H](C(=O)O)N(C(=O)OCc2ccccc2)C1. The van der Waals surface area contributed by atoms with Crippen molar-refractivity contribution in [2.24, 2.45) is 0 Å². The van der Waals surface area contributed by atoms with Gasteiger partial charge in [0.15, 0.2) is 0 Å². The van der Waals surface area contributed by atoms with Crippen LogP contribution >= 0.6 is 0 Å². The van der Waals surface area contributed by atoms with Gasteiger partial charge in [0.1, 0.15) is 12.6 Å². The third kappa shape index (κ3) is 3.39. The number of carbonyl (C=O) groups is 2. The van der Waals surface area contributed by atoms with E-state index in [0.717, 1.165) is 5.56 Å². The highest BCUT2D eigenvalue weighted by Crippen LogP contribution is 2.27. The summed E-state index contributed by atoms with van der Waals surface area (Å²) in [5.74, 6) is -0.945. The van der Waals surface area contributed by atoms with Gasteiger partial charge in [0.2, 0.25) is 0 Å². The Bertz CT molecular complexity index is 503. The number of carbonyl (C=O) groups excluding carboxylic acids is 1. The first-order valence-electron chi connectivity index (χ1n) is 6.59. The molecule has 1 aliphatic heterocycles. The van der Waals surface area contributed by atoms with E-state index >= 15 is 0 Å². The highest BCUT2D eigenvalue weighted by molar-refractivity contribution is 6.78. The Morgan fingerprint density at radius 2 is 2.00 bits per heavy atom. The van der Waals surface area contributed by atoms with Gasteiger partial charge in [-0.25, -0.2) is 9.59 Å². The molecule has 0 aliphatic carbocycles. The Balaban J connectivity index is 1.99. The molecule has 1 aromatic carbocycles. The number of amides is 1. The van der Waals surface area contributed by atoms with Gasteiger partial charge in [-0.3, -0.25) is 4.90 Å². The third-order valence-corrected chi connectivity index (χ3v) is 6.13. The fraction of sp³-hybridized carbons (Fsp3) is 0.429. The standard InChI is InChI=1S/C14H19NO4Si/c1-20(2)9-12(13(16)17)15(10-20)14(18)19-8-11-6-4-3-5-7-11/h3-7,12H,8-10H2,1-2H3,(H,16,17)/t12-/m1/s1. The van der Waals surface area contributed by atoms with Crippen LogP contribution in [0.5, 0.6) is 0 Å². The molecule has 0 unspecified atom stereocenters. The number of hydrogen-bond donors (Lipinski definition) is 1. The average molecular weight is 293 g/mol. The number of benzene rings is 1. The van der Waals surface area contributed by atoms with Gasteiger partial charge in [-0.1, -0.05) is 43.4 Å². The molecule has 5 nitrogen and oxygen atoms in total. The number of aliphatic carboxylic acids is 1. The van der Waals surface area contributed by atoms with E-state index in [0.29, 0.717) is 12.2 Å². The molecule has 2 rings (SSSR count). The lowest BCUT2D eigenvalue weighted by Crippen LogP contribution is -2.41. The van der Waals surface area contributed by atoms with Crippen molar-refractivity contribution >= 4 is 20.1 Å². The van der Waals surface area contributed by atoms with Gasteiger partial charge < -0.3 is 9.84 Å². The van der Waals surface area contributed by atoms with Crippen LogP contribution < -0.4 is 0 Å². The second-order valence-corrected chi connectivity index (χ2v) is 10.9. The van der Waals surface area contributed by atoms with E-state index < -0.39 is 26.2 Å². The van der Waals surface area contributed by atoms with Crippen LogP contribution in [0.25, 0.3) is 0 Å². The van der Waals surface area contributed by atoms with Crippen molar-refractivity contribution in [1.82, 2.24) is 4.90 Å². The summed E-state index contributed by atoms with van der Waals surface area (Å²) >= 11 is 0. The zero-order chi connectivity index (χ0) is 14.8. The van der Waals surface area contributed by atoms with Crippen molar-refractivity contribution in [2.45, 2.75) is 31.8 Å². The number of ether oxygens (including phenoxy) is 1. The van der Waals surface area contributed by atoms with Gasteiger partial charge in [-0.2, -0.15) is 0 Å². The van der Waals surface area contributed by atoms with Gasteiger partial charge >= 0.3 is 12.1 Å². The molecule has 0 bridgehead atoms. The molecular weight excluding hydrogens is 274 g/mol. The number of nitrogens with zero attached hydrogens (tertiary/aromatic N) is 1. The average Bonchev–Trinajstić information content (AvgIpc) is 2.74. The summed E-state index contributed by atoms with van der Waals surface area (Å²) in [5.41, 5.74) is 0.892. The molecule has 1 N–H and O–H groups in total. The van der Waals surface area contributed by atoms with Crippen molar-refractivity contribution in [3.8, 4) is 0 Å². The normalized spacial score (nSPS) is 20.7. The Hall–Kier alpha value is -1.82. The summed E-state index contributed by atoms with van der Waals surface area (Å²) in [7, 11) is -1.66. The molecule has 1 aromatic rings. The number of hydrogen-bond acceptors (Lipinski definition) is 3. The summed E-state index contributed by atoms with van der Waals surface area (Å²) in [5, 5.41) is 9.22. The molecule has 1 amide bonds. The van der Waals surface area contributed by atoms with Crippen molar-refractivity contribution in [3.05, 3.63) is 35.9 Å². The number of rotatable bonds is 3. The first-order valence-corrected chi connectivity index (χ1v) is 10.0. The van der Waals surface area contributed by atoms with E-state index in [9.17, 15) is 14.7 Å². The smallest absolute Gasteiger partial charge is 0.410 e. The summed E-state index contributed by atoms with van der Waals surface area (Å²) in [4.78, 5) is 24.7. The minimum atomic E-state index is -1.66. The molecule has 1 aliphatic rings. The lowest BCUT2D eigenvalue weighted by Gasteiger charge is -2.21. The topological polar surface area (TPSA) is 66.8 Å². The van der Waals surface area contributed by atoms with Crippen LogP contribution in [-0.2, 0) is 16.1 Å². The van der Waals surface area contributed by atoms with E-state index in [2.05, 4.69) is 13.1 Å². The molecule has 1 fully saturated rings. The van der Waals surface area contributed by atoms with Gasteiger partial charge in [0.25, 0.3) is 0 Å². The summed E-state index contributed by atoms with van der Waals surface area (Å²) in [6.45, 7) is 4.35. The summed E-state index contributed by atoms with van der Waals surface area (Å²) in [6, 6.07) is 9.21. The van der Waals surface area contributed by atoms with Crippen LogP contribution in [0.1, 0.15) is 5.56 Å². The largest absolute Gasteiger partial charge is 0.480 e. The van der Waals surface area contributed by atoms with Gasteiger partial charge in [-0.15, -0.1) is 0 Å². The van der Waals surface area contributed by atoms with Gasteiger partial charge in [0, 0.05) is 6.17 Å². The lowest BCUT2D eigenvalue weighted by atomic mass is 10.2. The van der Waals surface area contributed by atoms with Crippen molar-refractivity contribution in [1.29, 1.82) is 0 Å². The molecule has 0 saturated carbocycles. The van der Waals surface area contributed by atoms with Crippen molar-refractivity contribution < 1.29 is 19.4 Å². The maximum Gasteiger partial charge on any atom is 0.410 e. The van der Waals surface area contributed by atoms with Crippen molar-refractivity contribution in [2.75, 3.05) is 6.17 Å². The predicted molar refractivity (Wildman–Crippen MR) is 77.0 cm³/mol. The van der Waals surface area contributed by atoms with Crippen LogP contribution in [0.2, 0.25) is 19.1 Å². The molecule has 1 atom stereocenters. The Labute approximate surface area is 119 Å². The Morgan fingerprint density at radius 3 is 2.60 bits per heavy atom. The lowest BCUT2D eigenvalue weighted by molar-refractivity contribution is -0.141. The Morgan fingerprint density at radius 1 is 1.35 bits per heavy atom. The fourth-order valence-electron chi connectivity index (χ4n) is 2.48. The Kier molecular flexibility index (Phi) is 4.13. The molecule has 0 radical (unpaired) electrons. The number of carboxylic acid groups (broad SMARTS) is 1. The molecule has 1 saturated heterocycles. The second kappa shape index (κ2) is 5.66. The maximum atomic E-state index is 12.1. The van der Waals surface area contributed by atoms with Crippen LogP contribution in [-0.4, -0.2) is 42.4 Å². The second-order valence-electron chi connectivity index (χ2n) is 5.89. The van der Waals surface area contributed by atoms with E-state index in [-0.39, 0.29) is 6.61 Å². The first-order chi connectivity index (χ1) is 9.39. The van der Waals surface area contributed by atoms with E-state index in [1.54, 1.807) is 0 Å². The molecule has 6 heteroatoms. The third-order valence-electron chi connectivity index (χ3n) is 3.45. The minimum Gasteiger partial charge on any atom is -0.480 e. The highest BCUT2D eigenvalue weighted by Gasteiger charge is 2.45. The van der Waals surface area contributed by atoms with Crippen molar-refractivity contribution in [3.63, 3.8) is 0 Å². The quantitative estimate of drug-likeness (QED) is 0.869. The molecule has 20 heavy (non-hydrogen) atoms. The van der Waals surface area contributed by atoms with Crippen LogP contribution in [0.15, 0.2) is 30.3 Å². The van der Waals surface area contributed by atoms with E-state index in [1.807, 2.05) is 30.3 Å². The maximum absolute atomic E-state index is 12.1. The molecule has 108 valence electrons.